The number of hydrogen-bond acceptors (Lipinski definition) is 3. The van der Waals surface area contributed by atoms with Crippen LogP contribution in [-0.2, 0) is 17.9 Å². The Hall–Kier alpha value is -0.900. The monoisotopic (exact) mass is 278 g/mol. The van der Waals surface area contributed by atoms with Gasteiger partial charge in [0.25, 0.3) is 0 Å². The van der Waals surface area contributed by atoms with Crippen LogP contribution < -0.4 is 5.32 Å². The molecule has 1 aromatic carbocycles. The van der Waals surface area contributed by atoms with E-state index in [1.54, 1.807) is 7.11 Å². The van der Waals surface area contributed by atoms with Gasteiger partial charge in [0.05, 0.1) is 6.61 Å². The van der Waals surface area contributed by atoms with Crippen molar-refractivity contribution >= 4 is 0 Å². The molecule has 0 saturated carbocycles. The van der Waals surface area contributed by atoms with Gasteiger partial charge in [-0.1, -0.05) is 38.1 Å². The summed E-state index contributed by atoms with van der Waals surface area (Å²) in [6, 6.07) is 9.15. The van der Waals surface area contributed by atoms with Gasteiger partial charge < -0.3 is 15.0 Å². The predicted octanol–water partition coefficient (Wildman–Crippen LogP) is 2.90. The van der Waals surface area contributed by atoms with Crippen LogP contribution in [0, 0.1) is 5.92 Å². The molecule has 0 aromatic heterocycles. The Morgan fingerprint density at radius 2 is 1.90 bits per heavy atom. The first-order valence-electron chi connectivity index (χ1n) is 7.46. The molecule has 1 unspecified atom stereocenters. The molecule has 3 nitrogen and oxygen atoms in total. The number of rotatable bonds is 9. The second-order valence-electron chi connectivity index (χ2n) is 6.22. The summed E-state index contributed by atoms with van der Waals surface area (Å²) >= 11 is 0. The smallest absolute Gasteiger partial charge is 0.0713 e. The molecule has 1 N–H and O–H groups in total. The largest absolute Gasteiger partial charge is 0.380 e. The number of nitrogens with zero attached hydrogens (tertiary/aromatic N) is 1. The second-order valence-corrected chi connectivity index (χ2v) is 6.22. The Kier molecular flexibility index (Phi) is 7.82. The maximum absolute atomic E-state index is 5.19. The maximum atomic E-state index is 5.19. The molecule has 114 valence electrons. The first-order valence-corrected chi connectivity index (χ1v) is 7.46. The number of ether oxygens (including phenoxy) is 1. The topological polar surface area (TPSA) is 24.5 Å². The third-order valence-corrected chi connectivity index (χ3v) is 3.24. The average Bonchev–Trinajstić information content (AvgIpc) is 2.35. The van der Waals surface area contributed by atoms with E-state index >= 15 is 0 Å². The zero-order valence-electron chi connectivity index (χ0n) is 13.6. The van der Waals surface area contributed by atoms with Crippen molar-refractivity contribution in [1.82, 2.24) is 10.2 Å². The summed E-state index contributed by atoms with van der Waals surface area (Å²) in [6.45, 7) is 7.24. The number of likely N-dealkylation sites (N-methyl/N-ethyl adjacent to an activating group) is 1. The Morgan fingerprint density at radius 1 is 1.20 bits per heavy atom. The van der Waals surface area contributed by atoms with E-state index in [4.69, 9.17) is 4.74 Å². The van der Waals surface area contributed by atoms with Crippen LogP contribution in [0.1, 0.15) is 31.4 Å². The van der Waals surface area contributed by atoms with Crippen LogP contribution in [0.25, 0.3) is 0 Å². The van der Waals surface area contributed by atoms with Crippen molar-refractivity contribution in [3.05, 3.63) is 35.4 Å². The van der Waals surface area contributed by atoms with Crippen LogP contribution in [0.4, 0.5) is 0 Å². The van der Waals surface area contributed by atoms with Gasteiger partial charge >= 0.3 is 0 Å². The fourth-order valence-corrected chi connectivity index (χ4v) is 2.49. The van der Waals surface area contributed by atoms with E-state index in [0.29, 0.717) is 18.6 Å². The lowest BCUT2D eigenvalue weighted by Gasteiger charge is -2.24. The SMILES string of the molecule is COCc1cccc(CNC(CC(C)C)CN(C)C)c1. The molecule has 1 aromatic rings. The maximum Gasteiger partial charge on any atom is 0.0713 e. The van der Waals surface area contributed by atoms with E-state index in [1.165, 1.54) is 17.5 Å². The molecule has 0 bridgehead atoms. The lowest BCUT2D eigenvalue weighted by molar-refractivity contribution is 0.185. The lowest BCUT2D eigenvalue weighted by Crippen LogP contribution is -2.38. The zero-order valence-corrected chi connectivity index (χ0v) is 13.6. The molecular weight excluding hydrogens is 248 g/mol. The Balaban J connectivity index is 2.54. The number of benzene rings is 1. The standard InChI is InChI=1S/C17H30N2O/c1-14(2)9-17(12-19(3)4)18-11-15-7-6-8-16(10-15)13-20-5/h6-8,10,14,17-18H,9,11-13H2,1-5H3. The summed E-state index contributed by atoms with van der Waals surface area (Å²) in [4.78, 5) is 2.25. The van der Waals surface area contributed by atoms with E-state index in [2.05, 4.69) is 62.4 Å². The lowest BCUT2D eigenvalue weighted by atomic mass is 10.0. The predicted molar refractivity (Wildman–Crippen MR) is 85.8 cm³/mol. The molecule has 0 fully saturated rings. The highest BCUT2D eigenvalue weighted by Crippen LogP contribution is 2.09. The Labute approximate surface area is 124 Å². The molecule has 0 spiro atoms. The molecule has 1 rings (SSSR count). The van der Waals surface area contributed by atoms with Crippen molar-refractivity contribution in [2.45, 2.75) is 39.5 Å². The minimum atomic E-state index is 0.538. The molecule has 0 aliphatic carbocycles. The van der Waals surface area contributed by atoms with Crippen LogP contribution in [0.2, 0.25) is 0 Å². The highest BCUT2D eigenvalue weighted by molar-refractivity contribution is 5.22. The van der Waals surface area contributed by atoms with Gasteiger partial charge in [-0.15, -0.1) is 0 Å². The minimum Gasteiger partial charge on any atom is -0.380 e. The van der Waals surface area contributed by atoms with Crippen molar-refractivity contribution in [3.63, 3.8) is 0 Å². The van der Waals surface area contributed by atoms with Crippen LogP contribution in [-0.4, -0.2) is 38.7 Å². The Bertz CT molecular complexity index is 367. The highest BCUT2D eigenvalue weighted by atomic mass is 16.5. The molecular formula is C17H30N2O. The van der Waals surface area contributed by atoms with Gasteiger partial charge in [0.15, 0.2) is 0 Å². The van der Waals surface area contributed by atoms with Gasteiger partial charge in [-0.25, -0.2) is 0 Å². The van der Waals surface area contributed by atoms with Gasteiger partial charge in [0.2, 0.25) is 0 Å². The normalized spacial score (nSPS) is 13.2. The van der Waals surface area contributed by atoms with Crippen molar-refractivity contribution < 1.29 is 4.74 Å². The fraction of sp³-hybridized carbons (Fsp3) is 0.647. The third kappa shape index (κ3) is 7.04. The first-order chi connectivity index (χ1) is 9.51. The number of methoxy groups -OCH3 is 1. The first kappa shape index (κ1) is 17.2. The highest BCUT2D eigenvalue weighted by Gasteiger charge is 2.11. The van der Waals surface area contributed by atoms with Crippen LogP contribution in [0.5, 0.6) is 0 Å². The van der Waals surface area contributed by atoms with Gasteiger partial charge in [-0.05, 0) is 37.6 Å². The van der Waals surface area contributed by atoms with Crippen molar-refractivity contribution in [2.75, 3.05) is 27.7 Å². The summed E-state index contributed by atoms with van der Waals surface area (Å²) in [6.07, 6.45) is 1.20. The summed E-state index contributed by atoms with van der Waals surface area (Å²) in [5, 5.41) is 3.69. The van der Waals surface area contributed by atoms with Gasteiger partial charge in [-0.2, -0.15) is 0 Å². The molecule has 20 heavy (non-hydrogen) atoms. The minimum absolute atomic E-state index is 0.538. The molecule has 0 saturated heterocycles. The summed E-state index contributed by atoms with van der Waals surface area (Å²) in [5.74, 6) is 0.715. The quantitative estimate of drug-likeness (QED) is 0.751. The van der Waals surface area contributed by atoms with E-state index < -0.39 is 0 Å². The van der Waals surface area contributed by atoms with E-state index in [0.717, 1.165) is 13.1 Å². The van der Waals surface area contributed by atoms with E-state index in [-0.39, 0.29) is 0 Å². The molecule has 3 heteroatoms. The molecule has 0 aliphatic heterocycles. The molecule has 1 atom stereocenters. The Morgan fingerprint density at radius 3 is 2.50 bits per heavy atom. The van der Waals surface area contributed by atoms with E-state index in [1.807, 2.05) is 0 Å². The molecule has 0 heterocycles. The number of nitrogens with one attached hydrogen (secondary N) is 1. The zero-order chi connectivity index (χ0) is 15.0. The average molecular weight is 278 g/mol. The van der Waals surface area contributed by atoms with Crippen LogP contribution in [0.3, 0.4) is 0 Å². The summed E-state index contributed by atoms with van der Waals surface area (Å²) < 4.78 is 5.19. The van der Waals surface area contributed by atoms with E-state index in [9.17, 15) is 0 Å². The summed E-state index contributed by atoms with van der Waals surface area (Å²) in [5.41, 5.74) is 2.56. The van der Waals surface area contributed by atoms with Gasteiger partial charge in [0, 0.05) is 26.2 Å². The van der Waals surface area contributed by atoms with Crippen LogP contribution in [0.15, 0.2) is 24.3 Å². The second kappa shape index (κ2) is 9.11. The van der Waals surface area contributed by atoms with Gasteiger partial charge in [0.1, 0.15) is 0 Å². The van der Waals surface area contributed by atoms with Crippen molar-refractivity contribution in [3.8, 4) is 0 Å². The number of hydrogen-bond donors (Lipinski definition) is 1. The van der Waals surface area contributed by atoms with Crippen molar-refractivity contribution in [2.24, 2.45) is 5.92 Å². The summed E-state index contributed by atoms with van der Waals surface area (Å²) in [7, 11) is 6.00. The van der Waals surface area contributed by atoms with Gasteiger partial charge in [-0.3, -0.25) is 0 Å². The molecule has 0 aliphatic rings. The fourth-order valence-electron chi connectivity index (χ4n) is 2.49. The third-order valence-electron chi connectivity index (χ3n) is 3.24. The molecule has 0 amide bonds. The molecule has 0 radical (unpaired) electrons. The van der Waals surface area contributed by atoms with Crippen molar-refractivity contribution in [1.29, 1.82) is 0 Å². The van der Waals surface area contributed by atoms with Crippen LogP contribution >= 0.6 is 0 Å².